The topological polar surface area (TPSA) is 44.9 Å². The minimum absolute atomic E-state index is 0.100. The van der Waals surface area contributed by atoms with Gasteiger partial charge < -0.3 is 10.3 Å². The third kappa shape index (κ3) is 3.16. The van der Waals surface area contributed by atoms with Gasteiger partial charge >= 0.3 is 0 Å². The van der Waals surface area contributed by atoms with Crippen LogP contribution in [0.1, 0.15) is 31.9 Å². The zero-order valence-electron chi connectivity index (χ0n) is 12.1. The van der Waals surface area contributed by atoms with E-state index in [1.54, 1.807) is 0 Å². The fourth-order valence-corrected chi connectivity index (χ4v) is 2.07. The number of hydrogen-bond donors (Lipinski definition) is 2. The van der Waals surface area contributed by atoms with Crippen molar-refractivity contribution in [2.75, 3.05) is 6.54 Å². The Morgan fingerprint density at radius 2 is 2.05 bits per heavy atom. The van der Waals surface area contributed by atoms with Gasteiger partial charge in [-0.1, -0.05) is 32.4 Å². The fraction of sp³-hybridized carbons (Fsp3) is 0.438. The molecule has 102 valence electrons. The lowest BCUT2D eigenvalue weighted by Crippen LogP contribution is -2.35. The molecule has 3 heteroatoms. The average molecular weight is 258 g/mol. The summed E-state index contributed by atoms with van der Waals surface area (Å²) in [5.74, 6) is 0.100. The molecule has 0 spiro atoms. The van der Waals surface area contributed by atoms with Crippen LogP contribution >= 0.6 is 0 Å². The first-order valence-electron chi connectivity index (χ1n) is 6.73. The van der Waals surface area contributed by atoms with E-state index in [1.165, 1.54) is 16.5 Å². The van der Waals surface area contributed by atoms with Gasteiger partial charge in [-0.25, -0.2) is 0 Å². The number of nitrogens with one attached hydrogen (secondary N) is 2. The van der Waals surface area contributed by atoms with E-state index in [0.717, 1.165) is 11.9 Å². The van der Waals surface area contributed by atoms with Gasteiger partial charge in [-0.2, -0.15) is 0 Å². The molecule has 2 aromatic rings. The van der Waals surface area contributed by atoms with Crippen LogP contribution in [-0.2, 0) is 11.2 Å². The second kappa shape index (κ2) is 5.08. The zero-order chi connectivity index (χ0) is 14.0. The maximum Gasteiger partial charge on any atom is 0.225 e. The van der Waals surface area contributed by atoms with Gasteiger partial charge in [-0.3, -0.25) is 4.79 Å². The monoisotopic (exact) mass is 258 g/mol. The molecule has 0 saturated carbocycles. The summed E-state index contributed by atoms with van der Waals surface area (Å²) in [4.78, 5) is 15.1. The van der Waals surface area contributed by atoms with E-state index in [4.69, 9.17) is 0 Å². The number of aromatic amines is 1. The first-order valence-corrected chi connectivity index (χ1v) is 6.73. The normalized spacial score (nSPS) is 11.8. The number of carbonyl (C=O) groups excluding carboxylic acids is 1. The molecular weight excluding hydrogens is 236 g/mol. The van der Waals surface area contributed by atoms with Crippen molar-refractivity contribution in [1.29, 1.82) is 0 Å². The minimum atomic E-state index is -0.323. The van der Waals surface area contributed by atoms with Crippen LogP contribution in [0.25, 0.3) is 10.9 Å². The van der Waals surface area contributed by atoms with Crippen molar-refractivity contribution in [2.24, 2.45) is 5.41 Å². The number of fused-ring (bicyclic) bond motifs is 1. The summed E-state index contributed by atoms with van der Waals surface area (Å²) < 4.78 is 0. The van der Waals surface area contributed by atoms with Crippen LogP contribution in [-0.4, -0.2) is 17.4 Å². The lowest BCUT2D eigenvalue weighted by Gasteiger charge is -2.17. The van der Waals surface area contributed by atoms with Gasteiger partial charge in [0.2, 0.25) is 5.91 Å². The number of aromatic nitrogens is 1. The Balaban J connectivity index is 2.03. The first-order chi connectivity index (χ1) is 8.88. The van der Waals surface area contributed by atoms with E-state index in [9.17, 15) is 4.79 Å². The molecule has 1 heterocycles. The predicted octanol–water partition coefficient (Wildman–Crippen LogP) is 3.18. The SMILES string of the molecule is Cc1ccc2[nH]cc(CCNC(=O)C(C)(C)C)c2c1. The number of H-pyrrole nitrogens is 1. The Morgan fingerprint density at radius 1 is 1.32 bits per heavy atom. The van der Waals surface area contributed by atoms with Crippen molar-refractivity contribution < 1.29 is 4.79 Å². The van der Waals surface area contributed by atoms with Gasteiger partial charge in [0, 0.05) is 29.1 Å². The number of benzene rings is 1. The van der Waals surface area contributed by atoms with Crippen LogP contribution in [0.2, 0.25) is 0 Å². The van der Waals surface area contributed by atoms with Gasteiger partial charge in [0.15, 0.2) is 0 Å². The molecule has 2 rings (SSSR count). The molecule has 19 heavy (non-hydrogen) atoms. The van der Waals surface area contributed by atoms with Gasteiger partial charge in [-0.15, -0.1) is 0 Å². The zero-order valence-corrected chi connectivity index (χ0v) is 12.1. The molecule has 0 aliphatic carbocycles. The molecule has 0 aliphatic heterocycles. The van der Waals surface area contributed by atoms with Crippen LogP contribution in [0.3, 0.4) is 0 Å². The molecule has 0 bridgehead atoms. The highest BCUT2D eigenvalue weighted by molar-refractivity contribution is 5.84. The molecule has 1 aromatic carbocycles. The third-order valence-electron chi connectivity index (χ3n) is 3.28. The number of rotatable bonds is 3. The Bertz CT molecular complexity index is 590. The highest BCUT2D eigenvalue weighted by Crippen LogP contribution is 2.20. The Morgan fingerprint density at radius 3 is 2.74 bits per heavy atom. The molecule has 0 atom stereocenters. The van der Waals surface area contributed by atoms with Crippen molar-refractivity contribution >= 4 is 16.8 Å². The Kier molecular flexibility index (Phi) is 3.65. The number of hydrogen-bond acceptors (Lipinski definition) is 1. The molecule has 0 saturated heterocycles. The molecule has 1 amide bonds. The predicted molar refractivity (Wildman–Crippen MR) is 79.2 cm³/mol. The van der Waals surface area contributed by atoms with Crippen molar-refractivity contribution in [3.05, 3.63) is 35.5 Å². The van der Waals surface area contributed by atoms with Crippen molar-refractivity contribution in [2.45, 2.75) is 34.1 Å². The van der Waals surface area contributed by atoms with Gasteiger partial charge in [0.05, 0.1) is 0 Å². The minimum Gasteiger partial charge on any atom is -0.361 e. The van der Waals surface area contributed by atoms with E-state index in [1.807, 2.05) is 27.0 Å². The molecule has 0 fully saturated rings. The lowest BCUT2D eigenvalue weighted by molar-refractivity contribution is -0.128. The van der Waals surface area contributed by atoms with E-state index >= 15 is 0 Å². The first kappa shape index (κ1) is 13.7. The van der Waals surface area contributed by atoms with Crippen LogP contribution in [0.5, 0.6) is 0 Å². The van der Waals surface area contributed by atoms with Crippen LogP contribution < -0.4 is 5.32 Å². The van der Waals surface area contributed by atoms with Crippen LogP contribution in [0.4, 0.5) is 0 Å². The quantitative estimate of drug-likeness (QED) is 0.872. The number of amides is 1. The van der Waals surface area contributed by atoms with E-state index < -0.39 is 0 Å². The Labute approximate surface area is 114 Å². The molecule has 1 aromatic heterocycles. The smallest absolute Gasteiger partial charge is 0.225 e. The second-order valence-corrected chi connectivity index (χ2v) is 6.12. The van der Waals surface area contributed by atoms with Gasteiger partial charge in [-0.05, 0) is 31.0 Å². The Hall–Kier alpha value is -1.77. The molecule has 0 radical (unpaired) electrons. The largest absolute Gasteiger partial charge is 0.361 e. The summed E-state index contributed by atoms with van der Waals surface area (Å²) in [7, 11) is 0. The van der Waals surface area contributed by atoms with Crippen molar-refractivity contribution in [3.8, 4) is 0 Å². The fourth-order valence-electron chi connectivity index (χ4n) is 2.07. The second-order valence-electron chi connectivity index (χ2n) is 6.12. The summed E-state index contributed by atoms with van der Waals surface area (Å²) in [6.45, 7) is 8.56. The third-order valence-corrected chi connectivity index (χ3v) is 3.28. The molecule has 0 aliphatic rings. The highest BCUT2D eigenvalue weighted by atomic mass is 16.2. The van der Waals surface area contributed by atoms with E-state index in [-0.39, 0.29) is 11.3 Å². The highest BCUT2D eigenvalue weighted by Gasteiger charge is 2.20. The molecular formula is C16H22N2O. The average Bonchev–Trinajstić information content (AvgIpc) is 2.70. The van der Waals surface area contributed by atoms with Gasteiger partial charge in [0.25, 0.3) is 0 Å². The molecule has 0 unspecified atom stereocenters. The lowest BCUT2D eigenvalue weighted by atomic mass is 9.95. The maximum atomic E-state index is 11.8. The number of carbonyl (C=O) groups is 1. The van der Waals surface area contributed by atoms with Crippen LogP contribution in [0, 0.1) is 12.3 Å². The maximum absolute atomic E-state index is 11.8. The standard InChI is InChI=1S/C16H22N2O/c1-11-5-6-14-13(9-11)12(10-18-14)7-8-17-15(19)16(2,3)4/h5-6,9-10,18H,7-8H2,1-4H3,(H,17,19). The summed E-state index contributed by atoms with van der Waals surface area (Å²) in [6.07, 6.45) is 2.89. The summed E-state index contributed by atoms with van der Waals surface area (Å²) in [5, 5.41) is 4.24. The summed E-state index contributed by atoms with van der Waals surface area (Å²) in [6, 6.07) is 6.39. The van der Waals surface area contributed by atoms with E-state index in [2.05, 4.69) is 35.4 Å². The van der Waals surface area contributed by atoms with Crippen molar-refractivity contribution in [1.82, 2.24) is 10.3 Å². The number of aryl methyl sites for hydroxylation is 1. The molecule has 3 nitrogen and oxygen atoms in total. The van der Waals surface area contributed by atoms with Gasteiger partial charge in [0.1, 0.15) is 0 Å². The molecule has 2 N–H and O–H groups in total. The van der Waals surface area contributed by atoms with Crippen LogP contribution in [0.15, 0.2) is 24.4 Å². The van der Waals surface area contributed by atoms with E-state index in [0.29, 0.717) is 6.54 Å². The van der Waals surface area contributed by atoms with Crippen molar-refractivity contribution in [3.63, 3.8) is 0 Å². The summed E-state index contributed by atoms with van der Waals surface area (Å²) in [5.41, 5.74) is 3.35. The summed E-state index contributed by atoms with van der Waals surface area (Å²) >= 11 is 0.